The molecule has 2 nitrogen and oxygen atoms in total. The van der Waals surface area contributed by atoms with Gasteiger partial charge >= 0.3 is 0 Å². The monoisotopic (exact) mass is 278 g/mol. The molecular formula is C14H9ClF2N2. The highest BCUT2D eigenvalue weighted by Crippen LogP contribution is 2.35. The molecule has 0 amide bonds. The van der Waals surface area contributed by atoms with Gasteiger partial charge in [-0.05, 0) is 24.6 Å². The first-order valence-corrected chi connectivity index (χ1v) is 6.03. The van der Waals surface area contributed by atoms with E-state index in [1.807, 2.05) is 6.07 Å². The van der Waals surface area contributed by atoms with Crippen LogP contribution >= 0.6 is 11.6 Å². The fourth-order valence-corrected chi connectivity index (χ4v) is 2.42. The van der Waals surface area contributed by atoms with Gasteiger partial charge in [0.15, 0.2) is 0 Å². The third-order valence-electron chi connectivity index (χ3n) is 3.12. The number of benzene rings is 1. The van der Waals surface area contributed by atoms with Gasteiger partial charge in [0.05, 0.1) is 11.2 Å². The number of nitrogens with one attached hydrogen (secondary N) is 1. The maximum absolute atomic E-state index is 13.9. The van der Waals surface area contributed by atoms with Crippen molar-refractivity contribution in [2.75, 3.05) is 0 Å². The lowest BCUT2D eigenvalue weighted by atomic mass is 10.1. The second-order valence-electron chi connectivity index (χ2n) is 4.27. The number of halogens is 3. The van der Waals surface area contributed by atoms with Crippen LogP contribution in [0.2, 0.25) is 5.02 Å². The summed E-state index contributed by atoms with van der Waals surface area (Å²) >= 11 is 5.88. The first kappa shape index (κ1) is 12.1. The highest BCUT2D eigenvalue weighted by molar-refractivity contribution is 6.35. The molecule has 0 aliphatic rings. The molecule has 0 aliphatic carbocycles. The fraction of sp³-hybridized carbons (Fsp3) is 0.0714. The molecule has 0 aliphatic heterocycles. The zero-order chi connectivity index (χ0) is 13.6. The van der Waals surface area contributed by atoms with Gasteiger partial charge in [-0.3, -0.25) is 4.98 Å². The molecule has 3 rings (SSSR count). The minimum Gasteiger partial charge on any atom is -0.353 e. The summed E-state index contributed by atoms with van der Waals surface area (Å²) in [7, 11) is 0. The minimum atomic E-state index is -0.773. The third kappa shape index (κ3) is 1.79. The van der Waals surface area contributed by atoms with E-state index in [1.54, 1.807) is 25.4 Å². The number of fused-ring (bicyclic) bond motifs is 1. The van der Waals surface area contributed by atoms with Crippen LogP contribution in [0.3, 0.4) is 0 Å². The highest BCUT2D eigenvalue weighted by atomic mass is 35.5. The normalized spacial score (nSPS) is 11.2. The van der Waals surface area contributed by atoms with Crippen molar-refractivity contribution in [1.82, 2.24) is 9.97 Å². The molecular weight excluding hydrogens is 270 g/mol. The van der Waals surface area contributed by atoms with Gasteiger partial charge < -0.3 is 4.98 Å². The van der Waals surface area contributed by atoms with Crippen LogP contribution in [0.4, 0.5) is 8.78 Å². The lowest BCUT2D eigenvalue weighted by Gasteiger charge is -1.99. The second-order valence-corrected chi connectivity index (χ2v) is 4.65. The largest absolute Gasteiger partial charge is 0.353 e. The number of pyridine rings is 1. The van der Waals surface area contributed by atoms with E-state index >= 15 is 0 Å². The number of rotatable bonds is 1. The molecule has 5 heteroatoms. The fourth-order valence-electron chi connectivity index (χ4n) is 2.22. The molecule has 1 aromatic carbocycles. The van der Waals surface area contributed by atoms with Crippen molar-refractivity contribution in [1.29, 1.82) is 0 Å². The maximum Gasteiger partial charge on any atom is 0.146 e. The molecule has 0 atom stereocenters. The lowest BCUT2D eigenvalue weighted by molar-refractivity contribution is 0.592. The quantitative estimate of drug-likeness (QED) is 0.654. The molecule has 19 heavy (non-hydrogen) atoms. The molecule has 96 valence electrons. The molecule has 3 aromatic rings. The Balaban J connectivity index is 2.38. The van der Waals surface area contributed by atoms with Crippen LogP contribution in [-0.4, -0.2) is 9.97 Å². The Bertz CT molecular complexity index is 766. The van der Waals surface area contributed by atoms with Crippen LogP contribution in [0, 0.1) is 18.6 Å². The van der Waals surface area contributed by atoms with Crippen LogP contribution in [0.1, 0.15) is 5.56 Å². The Morgan fingerprint density at radius 2 is 2.05 bits per heavy atom. The molecule has 0 saturated carbocycles. The van der Waals surface area contributed by atoms with Crippen molar-refractivity contribution in [2.45, 2.75) is 6.92 Å². The third-order valence-corrected chi connectivity index (χ3v) is 3.49. The van der Waals surface area contributed by atoms with Crippen molar-refractivity contribution < 1.29 is 8.78 Å². The molecule has 2 heterocycles. The molecule has 0 bridgehead atoms. The van der Waals surface area contributed by atoms with Crippen molar-refractivity contribution in [3.63, 3.8) is 0 Å². The smallest absolute Gasteiger partial charge is 0.146 e. The number of aromatic nitrogens is 2. The van der Waals surface area contributed by atoms with Gasteiger partial charge in [-0.25, -0.2) is 8.78 Å². The number of nitrogens with zero attached hydrogens (tertiary/aromatic N) is 1. The molecule has 2 aromatic heterocycles. The van der Waals surface area contributed by atoms with Gasteiger partial charge in [-0.1, -0.05) is 11.6 Å². The SMILES string of the molecule is Cc1c(-c2cccnc2)[nH]c2c(Cl)c(F)cc(F)c12. The van der Waals surface area contributed by atoms with Crippen LogP contribution in [0.25, 0.3) is 22.2 Å². The van der Waals surface area contributed by atoms with Gasteiger partial charge in [0.2, 0.25) is 0 Å². The van der Waals surface area contributed by atoms with Gasteiger partial charge in [0.1, 0.15) is 16.7 Å². The maximum atomic E-state index is 13.9. The number of aryl methyl sites for hydroxylation is 1. The summed E-state index contributed by atoms with van der Waals surface area (Å²) in [6, 6.07) is 4.42. The lowest BCUT2D eigenvalue weighted by Crippen LogP contribution is -1.84. The van der Waals surface area contributed by atoms with Crippen molar-refractivity contribution in [3.05, 3.63) is 52.8 Å². The Morgan fingerprint density at radius 1 is 1.26 bits per heavy atom. The molecule has 0 fully saturated rings. The average molecular weight is 279 g/mol. The first-order valence-electron chi connectivity index (χ1n) is 5.65. The Labute approximate surface area is 113 Å². The van der Waals surface area contributed by atoms with Gasteiger partial charge in [-0.2, -0.15) is 0 Å². The number of aromatic amines is 1. The van der Waals surface area contributed by atoms with Crippen LogP contribution in [-0.2, 0) is 0 Å². The molecule has 1 N–H and O–H groups in total. The van der Waals surface area contributed by atoms with Gasteiger partial charge in [0.25, 0.3) is 0 Å². The summed E-state index contributed by atoms with van der Waals surface area (Å²) in [5.41, 5.74) is 2.44. The van der Waals surface area contributed by atoms with E-state index in [9.17, 15) is 8.78 Å². The van der Waals surface area contributed by atoms with E-state index in [-0.39, 0.29) is 10.5 Å². The first-order chi connectivity index (χ1) is 9.09. The number of hydrogen-bond acceptors (Lipinski definition) is 1. The van der Waals surface area contributed by atoms with Crippen molar-refractivity contribution >= 4 is 22.5 Å². The highest BCUT2D eigenvalue weighted by Gasteiger charge is 2.18. The van der Waals surface area contributed by atoms with E-state index in [1.165, 1.54) is 0 Å². The van der Waals surface area contributed by atoms with Crippen molar-refractivity contribution in [3.8, 4) is 11.3 Å². The summed E-state index contributed by atoms with van der Waals surface area (Å²) in [5, 5.41) is 0.208. The predicted octanol–water partition coefficient (Wildman–Crippen LogP) is 4.47. The van der Waals surface area contributed by atoms with Crippen LogP contribution in [0.15, 0.2) is 30.6 Å². The number of hydrogen-bond donors (Lipinski definition) is 1. The second kappa shape index (κ2) is 4.31. The summed E-state index contributed by atoms with van der Waals surface area (Å²) in [6.07, 6.45) is 3.30. The van der Waals surface area contributed by atoms with Gasteiger partial charge in [0, 0.05) is 29.4 Å². The molecule has 0 saturated heterocycles. The van der Waals surface area contributed by atoms with Crippen LogP contribution < -0.4 is 0 Å². The van der Waals surface area contributed by atoms with Crippen LogP contribution in [0.5, 0.6) is 0 Å². The zero-order valence-corrected chi connectivity index (χ0v) is 10.7. The Hall–Kier alpha value is -1.94. The molecule has 0 unspecified atom stereocenters. The topological polar surface area (TPSA) is 28.7 Å². The summed E-state index contributed by atoms with van der Waals surface area (Å²) < 4.78 is 27.3. The number of H-pyrrole nitrogens is 1. The zero-order valence-electron chi connectivity index (χ0n) is 9.97. The Morgan fingerprint density at radius 3 is 2.74 bits per heavy atom. The summed E-state index contributed by atoms with van der Waals surface area (Å²) in [6.45, 7) is 1.76. The van der Waals surface area contributed by atoms with E-state index in [0.717, 1.165) is 11.6 Å². The Kier molecular flexibility index (Phi) is 2.75. The van der Waals surface area contributed by atoms with E-state index in [0.29, 0.717) is 16.6 Å². The minimum absolute atomic E-state index is 0.102. The summed E-state index contributed by atoms with van der Waals surface area (Å²) in [4.78, 5) is 6.99. The van der Waals surface area contributed by atoms with E-state index in [4.69, 9.17) is 11.6 Å². The van der Waals surface area contributed by atoms with Crippen molar-refractivity contribution in [2.24, 2.45) is 0 Å². The molecule has 0 spiro atoms. The summed E-state index contributed by atoms with van der Waals surface area (Å²) in [5.74, 6) is -1.40. The van der Waals surface area contributed by atoms with E-state index in [2.05, 4.69) is 9.97 Å². The standard InChI is InChI=1S/C14H9ClF2N2/c1-7-11-9(16)5-10(17)12(15)14(11)19-13(7)8-3-2-4-18-6-8/h2-6,19H,1H3. The molecule has 0 radical (unpaired) electrons. The van der Waals surface area contributed by atoms with Gasteiger partial charge in [-0.15, -0.1) is 0 Å². The predicted molar refractivity (Wildman–Crippen MR) is 71.2 cm³/mol. The van der Waals surface area contributed by atoms with E-state index < -0.39 is 11.6 Å². The average Bonchev–Trinajstić information content (AvgIpc) is 2.76.